The molecule has 1 aliphatic carbocycles. The molecule has 2 rings (SSSR count). The highest BCUT2D eigenvalue weighted by molar-refractivity contribution is 6.02. The molecule has 0 aromatic heterocycles. The molecule has 1 aromatic carbocycles. The van der Waals surface area contributed by atoms with Crippen molar-refractivity contribution in [2.24, 2.45) is 11.8 Å². The first-order chi connectivity index (χ1) is 12.0. The Kier molecular flexibility index (Phi) is 7.29. The number of hydrogen-bond donors (Lipinski definition) is 1. The van der Waals surface area contributed by atoms with Gasteiger partial charge in [0.1, 0.15) is 5.75 Å². The van der Waals surface area contributed by atoms with Gasteiger partial charge in [-0.25, -0.2) is 4.79 Å². The van der Waals surface area contributed by atoms with Crippen LogP contribution in [-0.4, -0.2) is 25.6 Å². The van der Waals surface area contributed by atoms with Crippen molar-refractivity contribution in [2.45, 2.75) is 52.4 Å². The third-order valence-electron chi connectivity index (χ3n) is 4.81. The largest absolute Gasteiger partial charge is 0.494 e. The lowest BCUT2D eigenvalue weighted by Crippen LogP contribution is -2.27. The van der Waals surface area contributed by atoms with Crippen LogP contribution in [0, 0.1) is 11.8 Å². The van der Waals surface area contributed by atoms with Crippen LogP contribution >= 0.6 is 0 Å². The van der Waals surface area contributed by atoms with E-state index in [0.717, 1.165) is 38.5 Å². The minimum Gasteiger partial charge on any atom is -0.494 e. The van der Waals surface area contributed by atoms with Gasteiger partial charge in [0.2, 0.25) is 5.91 Å². The van der Waals surface area contributed by atoms with E-state index in [4.69, 9.17) is 9.47 Å². The minimum absolute atomic E-state index is 0.0159. The zero-order chi connectivity index (χ0) is 18.2. The highest BCUT2D eigenvalue weighted by Crippen LogP contribution is 2.30. The lowest BCUT2D eigenvalue weighted by molar-refractivity contribution is -0.121. The number of anilines is 1. The number of amides is 1. The molecule has 25 heavy (non-hydrogen) atoms. The summed E-state index contributed by atoms with van der Waals surface area (Å²) in [6.45, 7) is 4.91. The van der Waals surface area contributed by atoms with Crippen molar-refractivity contribution in [3.05, 3.63) is 23.8 Å². The summed E-state index contributed by atoms with van der Waals surface area (Å²) < 4.78 is 10.5. The molecule has 0 saturated heterocycles. The molecule has 0 heterocycles. The number of methoxy groups -OCH3 is 1. The molecule has 0 radical (unpaired) electrons. The van der Waals surface area contributed by atoms with Crippen LogP contribution < -0.4 is 10.1 Å². The molecule has 138 valence electrons. The number of carbonyl (C=O) groups excluding carboxylic acids is 2. The number of benzene rings is 1. The van der Waals surface area contributed by atoms with Crippen molar-refractivity contribution in [1.29, 1.82) is 0 Å². The van der Waals surface area contributed by atoms with Gasteiger partial charge in [-0.15, -0.1) is 0 Å². The van der Waals surface area contributed by atoms with Gasteiger partial charge < -0.3 is 14.8 Å². The van der Waals surface area contributed by atoms with Gasteiger partial charge in [0.05, 0.1) is 25.0 Å². The number of hydrogen-bond acceptors (Lipinski definition) is 4. The lowest BCUT2D eigenvalue weighted by Gasteiger charge is -2.25. The number of esters is 1. The zero-order valence-corrected chi connectivity index (χ0v) is 15.5. The summed E-state index contributed by atoms with van der Waals surface area (Å²) in [4.78, 5) is 24.6. The standard InChI is InChI=1S/C20H29NO4/c1-4-5-12-25-16-10-11-18(17(13-16)20(23)24-3)21-19(22)15-8-6-14(2)7-9-15/h10-11,13-15H,4-9,12H2,1-3H3,(H,21,22). The second-order valence-corrected chi connectivity index (χ2v) is 6.85. The fraction of sp³-hybridized carbons (Fsp3) is 0.600. The molecule has 1 amide bonds. The Morgan fingerprint density at radius 3 is 2.56 bits per heavy atom. The van der Waals surface area contributed by atoms with Gasteiger partial charge in [0.25, 0.3) is 0 Å². The maximum Gasteiger partial charge on any atom is 0.340 e. The SMILES string of the molecule is CCCCOc1ccc(NC(=O)C2CCC(C)CC2)c(C(=O)OC)c1. The Balaban J connectivity index is 2.10. The first kappa shape index (κ1) is 19.3. The first-order valence-electron chi connectivity index (χ1n) is 9.21. The van der Waals surface area contributed by atoms with Crippen LogP contribution in [-0.2, 0) is 9.53 Å². The highest BCUT2D eigenvalue weighted by Gasteiger charge is 2.25. The van der Waals surface area contributed by atoms with E-state index in [1.807, 2.05) is 0 Å². The van der Waals surface area contributed by atoms with Crippen LogP contribution in [0.25, 0.3) is 0 Å². The molecule has 1 N–H and O–H groups in total. The van der Waals surface area contributed by atoms with Gasteiger partial charge in [-0.1, -0.05) is 20.3 Å². The van der Waals surface area contributed by atoms with Crippen LogP contribution in [0.1, 0.15) is 62.7 Å². The van der Waals surface area contributed by atoms with Crippen molar-refractivity contribution in [2.75, 3.05) is 19.0 Å². The van der Waals surface area contributed by atoms with Crippen LogP contribution in [0.3, 0.4) is 0 Å². The molecule has 0 aliphatic heterocycles. The van der Waals surface area contributed by atoms with Gasteiger partial charge in [-0.3, -0.25) is 4.79 Å². The summed E-state index contributed by atoms with van der Waals surface area (Å²) in [5.41, 5.74) is 0.812. The average Bonchev–Trinajstić information content (AvgIpc) is 2.62. The smallest absolute Gasteiger partial charge is 0.340 e. The summed E-state index contributed by atoms with van der Waals surface area (Å²) in [5, 5.41) is 2.91. The Morgan fingerprint density at radius 1 is 1.20 bits per heavy atom. The van der Waals surface area contributed by atoms with Crippen molar-refractivity contribution in [3.8, 4) is 5.75 Å². The summed E-state index contributed by atoms with van der Waals surface area (Å²) in [5.74, 6) is 0.819. The number of nitrogens with one attached hydrogen (secondary N) is 1. The van der Waals surface area contributed by atoms with E-state index < -0.39 is 5.97 Å². The molecule has 5 nitrogen and oxygen atoms in total. The Morgan fingerprint density at radius 2 is 1.92 bits per heavy atom. The van der Waals surface area contributed by atoms with E-state index in [0.29, 0.717) is 29.5 Å². The Labute approximate surface area is 150 Å². The van der Waals surface area contributed by atoms with Crippen molar-refractivity contribution in [1.82, 2.24) is 0 Å². The van der Waals surface area contributed by atoms with Crippen LogP contribution in [0.15, 0.2) is 18.2 Å². The van der Waals surface area contributed by atoms with E-state index in [9.17, 15) is 9.59 Å². The molecular weight excluding hydrogens is 318 g/mol. The Hall–Kier alpha value is -2.04. The highest BCUT2D eigenvalue weighted by atomic mass is 16.5. The zero-order valence-electron chi connectivity index (χ0n) is 15.5. The summed E-state index contributed by atoms with van der Waals surface area (Å²) >= 11 is 0. The minimum atomic E-state index is -0.478. The molecule has 1 saturated carbocycles. The summed E-state index contributed by atoms with van der Waals surface area (Å²) in [7, 11) is 1.33. The topological polar surface area (TPSA) is 64.6 Å². The molecule has 0 bridgehead atoms. The average molecular weight is 347 g/mol. The van der Waals surface area contributed by atoms with Gasteiger partial charge in [-0.05, 0) is 56.2 Å². The van der Waals surface area contributed by atoms with Crippen molar-refractivity contribution < 1.29 is 19.1 Å². The van der Waals surface area contributed by atoms with E-state index in [2.05, 4.69) is 19.2 Å². The fourth-order valence-electron chi connectivity index (χ4n) is 3.09. The van der Waals surface area contributed by atoms with E-state index in [-0.39, 0.29) is 11.8 Å². The third kappa shape index (κ3) is 5.48. The normalized spacial score (nSPS) is 20.0. The van der Waals surface area contributed by atoms with E-state index in [1.54, 1.807) is 18.2 Å². The van der Waals surface area contributed by atoms with E-state index >= 15 is 0 Å². The van der Waals surface area contributed by atoms with Gasteiger partial charge in [-0.2, -0.15) is 0 Å². The molecule has 5 heteroatoms. The summed E-state index contributed by atoms with van der Waals surface area (Å²) in [6.07, 6.45) is 5.94. The molecule has 1 aliphatic rings. The van der Waals surface area contributed by atoms with Gasteiger partial charge in [0, 0.05) is 5.92 Å². The monoisotopic (exact) mass is 347 g/mol. The molecule has 1 fully saturated rings. The maximum absolute atomic E-state index is 12.5. The van der Waals surface area contributed by atoms with Crippen LogP contribution in [0.4, 0.5) is 5.69 Å². The molecule has 0 atom stereocenters. The first-order valence-corrected chi connectivity index (χ1v) is 9.21. The fourth-order valence-corrected chi connectivity index (χ4v) is 3.09. The summed E-state index contributed by atoms with van der Waals surface area (Å²) in [6, 6.07) is 5.14. The predicted molar refractivity (Wildman–Crippen MR) is 97.9 cm³/mol. The van der Waals surface area contributed by atoms with Crippen LogP contribution in [0.2, 0.25) is 0 Å². The second-order valence-electron chi connectivity index (χ2n) is 6.85. The van der Waals surface area contributed by atoms with Gasteiger partial charge >= 0.3 is 5.97 Å². The Bertz CT molecular complexity index is 591. The maximum atomic E-state index is 12.5. The quantitative estimate of drug-likeness (QED) is 0.586. The van der Waals surface area contributed by atoms with Gasteiger partial charge in [0.15, 0.2) is 0 Å². The molecule has 1 aromatic rings. The van der Waals surface area contributed by atoms with E-state index in [1.165, 1.54) is 7.11 Å². The number of carbonyl (C=O) groups is 2. The number of unbranched alkanes of at least 4 members (excludes halogenated alkanes) is 1. The van der Waals surface area contributed by atoms with Crippen molar-refractivity contribution in [3.63, 3.8) is 0 Å². The second kappa shape index (κ2) is 9.44. The molecule has 0 spiro atoms. The van der Waals surface area contributed by atoms with Crippen LogP contribution in [0.5, 0.6) is 5.75 Å². The number of rotatable bonds is 7. The molecule has 0 unspecified atom stereocenters. The predicted octanol–water partition coefficient (Wildman–Crippen LogP) is 4.42. The number of ether oxygens (including phenoxy) is 2. The third-order valence-corrected chi connectivity index (χ3v) is 4.81. The van der Waals surface area contributed by atoms with Crippen molar-refractivity contribution >= 4 is 17.6 Å². The lowest BCUT2D eigenvalue weighted by atomic mass is 9.82. The molecular formula is C20H29NO4.